The molecule has 5 rings (SSSR count). The van der Waals surface area contributed by atoms with Crippen LogP contribution in [0, 0.1) is 6.92 Å². The molecule has 1 atom stereocenters. The summed E-state index contributed by atoms with van der Waals surface area (Å²) in [6.07, 6.45) is 4.34. The van der Waals surface area contributed by atoms with Gasteiger partial charge in [0.15, 0.2) is 0 Å². The molecule has 2 aromatic heterocycles. The van der Waals surface area contributed by atoms with Crippen LogP contribution in [0.2, 0.25) is 0 Å². The fraction of sp³-hybridized carbons (Fsp3) is 0.310. The highest BCUT2D eigenvalue weighted by Gasteiger charge is 2.27. The van der Waals surface area contributed by atoms with Crippen molar-refractivity contribution in [1.82, 2.24) is 19.2 Å². The number of imidazole rings is 1. The Kier molecular flexibility index (Phi) is 6.82. The number of carbonyl (C=O) groups is 1. The third-order valence-corrected chi connectivity index (χ3v) is 6.97. The number of hydrogen-bond donors (Lipinski definition) is 0. The van der Waals surface area contributed by atoms with Gasteiger partial charge in [-0.3, -0.25) is 9.69 Å². The second-order valence-corrected chi connectivity index (χ2v) is 9.24. The van der Waals surface area contributed by atoms with Crippen LogP contribution in [0.5, 0.6) is 5.75 Å². The largest absolute Gasteiger partial charge is 0.497 e. The van der Waals surface area contributed by atoms with Crippen molar-refractivity contribution < 1.29 is 9.53 Å². The molecule has 1 aliphatic heterocycles. The zero-order chi connectivity index (χ0) is 24.2. The monoisotopic (exact) mass is 468 g/mol. The summed E-state index contributed by atoms with van der Waals surface area (Å²) < 4.78 is 7.60. The van der Waals surface area contributed by atoms with Gasteiger partial charge in [-0.25, -0.2) is 4.98 Å². The number of nitrogens with zero attached hydrogens (tertiary/aromatic N) is 4. The first-order valence-corrected chi connectivity index (χ1v) is 12.2. The summed E-state index contributed by atoms with van der Waals surface area (Å²) in [5.41, 5.74) is 5.44. The van der Waals surface area contributed by atoms with Crippen molar-refractivity contribution in [3.8, 4) is 5.75 Å². The first-order chi connectivity index (χ1) is 17.1. The average molecular weight is 469 g/mol. The van der Waals surface area contributed by atoms with Crippen LogP contribution in [-0.4, -0.2) is 58.4 Å². The zero-order valence-electron chi connectivity index (χ0n) is 20.4. The van der Waals surface area contributed by atoms with Crippen molar-refractivity contribution in [1.29, 1.82) is 0 Å². The van der Waals surface area contributed by atoms with Crippen molar-refractivity contribution in [2.24, 2.45) is 0 Å². The molecule has 0 bridgehead atoms. The van der Waals surface area contributed by atoms with Gasteiger partial charge in [0.1, 0.15) is 11.4 Å². The Bertz CT molecular complexity index is 1290. The molecular formula is C29H32N4O2. The van der Waals surface area contributed by atoms with Crippen LogP contribution in [0.4, 0.5) is 0 Å². The summed E-state index contributed by atoms with van der Waals surface area (Å²) in [5.74, 6) is 0.857. The molecule has 1 amide bonds. The lowest BCUT2D eigenvalue weighted by Gasteiger charge is -2.35. The van der Waals surface area contributed by atoms with Crippen molar-refractivity contribution in [2.45, 2.75) is 25.8 Å². The number of pyridine rings is 1. The average Bonchev–Trinajstić information content (AvgIpc) is 3.33. The number of ether oxygens (including phenoxy) is 1. The molecule has 35 heavy (non-hydrogen) atoms. The Morgan fingerprint density at radius 1 is 1.00 bits per heavy atom. The predicted molar refractivity (Wildman–Crippen MR) is 138 cm³/mol. The Balaban J connectivity index is 1.35. The third kappa shape index (κ3) is 5.08. The van der Waals surface area contributed by atoms with Crippen LogP contribution in [0.3, 0.4) is 0 Å². The normalized spacial score (nSPS) is 15.3. The fourth-order valence-electron chi connectivity index (χ4n) is 4.98. The maximum absolute atomic E-state index is 13.5. The minimum absolute atomic E-state index is 0.114. The van der Waals surface area contributed by atoms with E-state index in [2.05, 4.69) is 57.6 Å². The molecule has 2 aromatic carbocycles. The van der Waals surface area contributed by atoms with Crippen molar-refractivity contribution in [3.05, 3.63) is 102 Å². The van der Waals surface area contributed by atoms with Crippen LogP contribution in [0.15, 0.2) is 79.1 Å². The van der Waals surface area contributed by atoms with Gasteiger partial charge in [0.05, 0.1) is 12.8 Å². The Morgan fingerprint density at radius 3 is 2.57 bits per heavy atom. The lowest BCUT2D eigenvalue weighted by molar-refractivity contribution is -0.133. The van der Waals surface area contributed by atoms with Gasteiger partial charge < -0.3 is 14.0 Å². The van der Waals surface area contributed by atoms with E-state index in [9.17, 15) is 4.79 Å². The number of fused-ring (bicyclic) bond motifs is 1. The number of rotatable bonds is 7. The zero-order valence-corrected chi connectivity index (χ0v) is 20.4. The lowest BCUT2D eigenvalue weighted by atomic mass is 9.91. The van der Waals surface area contributed by atoms with Crippen molar-refractivity contribution >= 4 is 11.6 Å². The van der Waals surface area contributed by atoms with Gasteiger partial charge in [-0.05, 0) is 41.8 Å². The van der Waals surface area contributed by atoms with Gasteiger partial charge in [-0.15, -0.1) is 0 Å². The molecule has 6 heteroatoms. The number of aryl methyl sites for hydroxylation is 1. The first kappa shape index (κ1) is 23.1. The highest BCUT2D eigenvalue weighted by atomic mass is 16.5. The molecule has 0 aliphatic carbocycles. The third-order valence-electron chi connectivity index (χ3n) is 6.97. The van der Waals surface area contributed by atoms with Gasteiger partial charge in [0.2, 0.25) is 5.91 Å². The molecule has 0 saturated carbocycles. The second-order valence-electron chi connectivity index (χ2n) is 9.24. The van der Waals surface area contributed by atoms with Gasteiger partial charge in [0, 0.05) is 57.5 Å². The fourth-order valence-corrected chi connectivity index (χ4v) is 4.98. The first-order valence-electron chi connectivity index (χ1n) is 12.2. The van der Waals surface area contributed by atoms with Crippen LogP contribution >= 0.6 is 0 Å². The maximum atomic E-state index is 13.5. The molecule has 4 aromatic rings. The van der Waals surface area contributed by atoms with Crippen molar-refractivity contribution in [2.75, 3.05) is 33.3 Å². The summed E-state index contributed by atoms with van der Waals surface area (Å²) in [7, 11) is 1.67. The number of hydrogen-bond acceptors (Lipinski definition) is 4. The SMILES string of the molecule is COc1cccc(C(CC(=O)N2CCN(Cc3ccccc3)CC2)c2cnc3c(C)cccn23)c1. The summed E-state index contributed by atoms with van der Waals surface area (Å²) in [5, 5.41) is 0. The molecule has 1 unspecified atom stereocenters. The van der Waals surface area contributed by atoms with E-state index in [1.807, 2.05) is 47.6 Å². The molecule has 0 N–H and O–H groups in total. The predicted octanol–water partition coefficient (Wildman–Crippen LogP) is 4.52. The second kappa shape index (κ2) is 10.3. The Labute approximate surface area is 206 Å². The van der Waals surface area contributed by atoms with E-state index < -0.39 is 0 Å². The minimum atomic E-state index is -0.114. The quantitative estimate of drug-likeness (QED) is 0.400. The smallest absolute Gasteiger partial charge is 0.223 e. The van der Waals surface area contributed by atoms with E-state index in [-0.39, 0.29) is 11.8 Å². The van der Waals surface area contributed by atoms with Gasteiger partial charge in [0.25, 0.3) is 0 Å². The van der Waals surface area contributed by atoms with E-state index in [0.717, 1.165) is 60.9 Å². The van der Waals surface area contributed by atoms with E-state index in [0.29, 0.717) is 6.42 Å². The summed E-state index contributed by atoms with van der Waals surface area (Å²) in [6.45, 7) is 6.27. The van der Waals surface area contributed by atoms with E-state index >= 15 is 0 Å². The highest BCUT2D eigenvalue weighted by Crippen LogP contribution is 2.32. The molecule has 3 heterocycles. The van der Waals surface area contributed by atoms with Gasteiger partial charge in [-0.1, -0.05) is 48.5 Å². The van der Waals surface area contributed by atoms with Crippen LogP contribution in [-0.2, 0) is 11.3 Å². The Morgan fingerprint density at radius 2 is 1.80 bits per heavy atom. The maximum Gasteiger partial charge on any atom is 0.223 e. The van der Waals surface area contributed by atoms with E-state index in [4.69, 9.17) is 4.74 Å². The molecule has 6 nitrogen and oxygen atoms in total. The van der Waals surface area contributed by atoms with E-state index in [1.54, 1.807) is 7.11 Å². The summed E-state index contributed by atoms with van der Waals surface area (Å²) in [6, 6.07) is 22.7. The van der Waals surface area contributed by atoms with Crippen molar-refractivity contribution in [3.63, 3.8) is 0 Å². The van der Waals surface area contributed by atoms with Gasteiger partial charge >= 0.3 is 0 Å². The number of methoxy groups -OCH3 is 1. The molecule has 1 fully saturated rings. The minimum Gasteiger partial charge on any atom is -0.497 e. The highest BCUT2D eigenvalue weighted by molar-refractivity contribution is 5.78. The van der Waals surface area contributed by atoms with Crippen LogP contribution in [0.25, 0.3) is 5.65 Å². The van der Waals surface area contributed by atoms with E-state index in [1.165, 1.54) is 5.56 Å². The summed E-state index contributed by atoms with van der Waals surface area (Å²) in [4.78, 5) is 22.7. The molecule has 0 spiro atoms. The molecule has 1 aliphatic rings. The number of benzene rings is 2. The Hall–Kier alpha value is -3.64. The molecule has 180 valence electrons. The lowest BCUT2D eigenvalue weighted by Crippen LogP contribution is -2.48. The number of amides is 1. The molecule has 0 radical (unpaired) electrons. The standard InChI is InChI=1S/C29H32N4O2/c1-22-8-7-13-33-27(20-30-29(22)33)26(24-11-6-12-25(18-24)35-2)19-28(34)32-16-14-31(15-17-32)21-23-9-4-3-5-10-23/h3-13,18,20,26H,14-17,19,21H2,1-2H3. The molecular weight excluding hydrogens is 436 g/mol. The van der Waals surface area contributed by atoms with Gasteiger partial charge in [-0.2, -0.15) is 0 Å². The van der Waals surface area contributed by atoms with Crippen LogP contribution < -0.4 is 4.74 Å². The number of piperazine rings is 1. The number of aromatic nitrogens is 2. The number of carbonyl (C=O) groups excluding carboxylic acids is 1. The molecule has 1 saturated heterocycles. The van der Waals surface area contributed by atoms with Crippen LogP contribution in [0.1, 0.15) is 34.7 Å². The topological polar surface area (TPSA) is 50.1 Å². The summed E-state index contributed by atoms with van der Waals surface area (Å²) >= 11 is 0.